The first-order valence-corrected chi connectivity index (χ1v) is 6.85. The smallest absolute Gasteiger partial charge is 0.423 e. The van der Waals surface area contributed by atoms with E-state index in [-0.39, 0.29) is 11.3 Å². The van der Waals surface area contributed by atoms with E-state index in [1.165, 1.54) is 9.24 Å². The van der Waals surface area contributed by atoms with Gasteiger partial charge in [-0.2, -0.15) is 8.78 Å². The Morgan fingerprint density at radius 1 is 1.00 bits per heavy atom. The van der Waals surface area contributed by atoms with Crippen LogP contribution in [0, 0.1) is 23.3 Å². The fraction of sp³-hybridized carbons (Fsp3) is 0.0714. The molecule has 0 aliphatic carbocycles. The number of amides is 1. The van der Waals surface area contributed by atoms with Gasteiger partial charge in [-0.25, -0.2) is 17.6 Å². The third kappa shape index (κ3) is 2.39. The van der Waals surface area contributed by atoms with Gasteiger partial charge in [-0.15, -0.1) is 0 Å². The highest BCUT2D eigenvalue weighted by Crippen LogP contribution is 2.39. The van der Waals surface area contributed by atoms with Crippen molar-refractivity contribution in [2.24, 2.45) is 0 Å². The van der Waals surface area contributed by atoms with E-state index in [0.717, 1.165) is 18.2 Å². The standard InChI is InChI=1S/C14H6F6NO2P/c15-8-7(9(16)11(18)12(24)10(8)17)4-1-2-6-5(3-4)21-13(22)14(19,20)23-6/h1-3H,24H2,(H,21,22). The highest BCUT2D eigenvalue weighted by Gasteiger charge is 2.46. The van der Waals surface area contributed by atoms with Gasteiger partial charge in [0.15, 0.2) is 29.0 Å². The summed E-state index contributed by atoms with van der Waals surface area (Å²) < 4.78 is 85.6. The number of rotatable bonds is 1. The number of anilines is 1. The number of benzene rings is 2. The summed E-state index contributed by atoms with van der Waals surface area (Å²) >= 11 is 0. The van der Waals surface area contributed by atoms with Crippen molar-refractivity contribution in [3.8, 4) is 16.9 Å². The molecule has 0 saturated heterocycles. The van der Waals surface area contributed by atoms with E-state index < -0.39 is 51.9 Å². The predicted octanol–water partition coefficient (Wildman–Crippen LogP) is 3.33. The summed E-state index contributed by atoms with van der Waals surface area (Å²) in [7, 11) is 1.54. The van der Waals surface area contributed by atoms with Crippen molar-refractivity contribution in [2.45, 2.75) is 6.11 Å². The van der Waals surface area contributed by atoms with Crippen LogP contribution in [0.1, 0.15) is 0 Å². The topological polar surface area (TPSA) is 38.3 Å². The normalized spacial score (nSPS) is 15.5. The molecule has 1 unspecified atom stereocenters. The fourth-order valence-electron chi connectivity index (χ4n) is 2.15. The summed E-state index contributed by atoms with van der Waals surface area (Å²) in [5, 5.41) is 0.875. The van der Waals surface area contributed by atoms with Gasteiger partial charge in [0.2, 0.25) is 0 Å². The molecule has 1 heterocycles. The van der Waals surface area contributed by atoms with Gasteiger partial charge >= 0.3 is 12.0 Å². The summed E-state index contributed by atoms with van der Waals surface area (Å²) in [6, 6.07) is 2.68. The number of carbonyl (C=O) groups excluding carboxylic acids is 1. The molecule has 2 aromatic carbocycles. The Kier molecular flexibility index (Phi) is 3.71. The molecule has 3 rings (SSSR count). The van der Waals surface area contributed by atoms with Crippen LogP contribution in [0.5, 0.6) is 5.75 Å². The molecule has 2 aromatic rings. The van der Waals surface area contributed by atoms with Crippen molar-refractivity contribution < 1.29 is 35.9 Å². The van der Waals surface area contributed by atoms with Gasteiger partial charge < -0.3 is 10.1 Å². The number of fused-ring (bicyclic) bond motifs is 1. The van der Waals surface area contributed by atoms with Crippen molar-refractivity contribution in [1.82, 2.24) is 0 Å². The lowest BCUT2D eigenvalue weighted by Gasteiger charge is -2.25. The number of ether oxygens (including phenoxy) is 1. The van der Waals surface area contributed by atoms with Crippen LogP contribution in [0.4, 0.5) is 32.0 Å². The molecule has 24 heavy (non-hydrogen) atoms. The van der Waals surface area contributed by atoms with E-state index in [2.05, 4.69) is 4.74 Å². The molecule has 0 fully saturated rings. The lowest BCUT2D eigenvalue weighted by molar-refractivity contribution is -0.189. The summed E-state index contributed by atoms with van der Waals surface area (Å²) in [6.07, 6.45) is -4.11. The van der Waals surface area contributed by atoms with Crippen molar-refractivity contribution in [1.29, 1.82) is 0 Å². The van der Waals surface area contributed by atoms with Crippen LogP contribution in [-0.2, 0) is 4.79 Å². The van der Waals surface area contributed by atoms with Crippen LogP contribution in [0.3, 0.4) is 0 Å². The molecule has 126 valence electrons. The number of halogens is 6. The maximum atomic E-state index is 14.0. The summed E-state index contributed by atoms with van der Waals surface area (Å²) in [5.41, 5.74) is -1.73. The zero-order chi connectivity index (χ0) is 17.8. The van der Waals surface area contributed by atoms with E-state index >= 15 is 0 Å². The minimum Gasteiger partial charge on any atom is -0.423 e. The molecular formula is C14H6F6NO2P. The largest absolute Gasteiger partial charge is 0.482 e. The minimum absolute atomic E-state index is 0.321. The molecule has 0 aromatic heterocycles. The second-order valence-corrected chi connectivity index (χ2v) is 5.41. The average Bonchev–Trinajstić information content (AvgIpc) is 2.52. The first kappa shape index (κ1) is 16.6. The van der Waals surface area contributed by atoms with E-state index in [9.17, 15) is 31.1 Å². The second kappa shape index (κ2) is 5.37. The Morgan fingerprint density at radius 3 is 2.17 bits per heavy atom. The minimum atomic E-state index is -4.11. The van der Waals surface area contributed by atoms with Gasteiger partial charge in [0.1, 0.15) is 0 Å². The zero-order valence-electron chi connectivity index (χ0n) is 11.4. The summed E-state index contributed by atoms with van der Waals surface area (Å²) in [5.74, 6) is -8.80. The molecule has 0 spiro atoms. The molecule has 10 heteroatoms. The molecule has 1 aliphatic rings. The van der Waals surface area contributed by atoms with Gasteiger partial charge in [0.25, 0.3) is 0 Å². The first-order chi connectivity index (χ1) is 11.1. The van der Waals surface area contributed by atoms with E-state index in [1.54, 1.807) is 5.32 Å². The monoisotopic (exact) mass is 365 g/mol. The number of nitrogens with one attached hydrogen (secondary N) is 1. The lowest BCUT2D eigenvalue weighted by atomic mass is 10.0. The van der Waals surface area contributed by atoms with Crippen LogP contribution < -0.4 is 15.4 Å². The van der Waals surface area contributed by atoms with Gasteiger partial charge in [-0.3, -0.25) is 4.79 Å². The van der Waals surface area contributed by atoms with E-state index in [4.69, 9.17) is 0 Å². The van der Waals surface area contributed by atoms with Crippen LogP contribution in [0.15, 0.2) is 18.2 Å². The lowest BCUT2D eigenvalue weighted by Crippen LogP contribution is -2.43. The van der Waals surface area contributed by atoms with Gasteiger partial charge in [-0.1, -0.05) is 15.3 Å². The Hall–Kier alpha value is -2.28. The molecule has 0 bridgehead atoms. The Balaban J connectivity index is 2.17. The molecule has 0 radical (unpaired) electrons. The maximum Gasteiger partial charge on any atom is 0.482 e. The fourth-order valence-corrected chi connectivity index (χ4v) is 2.41. The Bertz CT molecular complexity index is 857. The molecule has 1 atom stereocenters. The second-order valence-electron chi connectivity index (χ2n) is 4.83. The highest BCUT2D eigenvalue weighted by atomic mass is 31.0. The summed E-state index contributed by atoms with van der Waals surface area (Å²) in [4.78, 5) is 11.2. The molecule has 1 aliphatic heterocycles. The molecule has 1 amide bonds. The van der Waals surface area contributed by atoms with Crippen LogP contribution in [-0.4, -0.2) is 12.0 Å². The number of hydrogen-bond donors (Lipinski definition) is 1. The molecule has 0 saturated carbocycles. The molecule has 1 N–H and O–H groups in total. The highest BCUT2D eigenvalue weighted by molar-refractivity contribution is 7.27. The number of hydrogen-bond acceptors (Lipinski definition) is 2. The van der Waals surface area contributed by atoms with Crippen LogP contribution in [0.2, 0.25) is 0 Å². The van der Waals surface area contributed by atoms with Gasteiger partial charge in [0.05, 0.1) is 11.3 Å². The summed E-state index contributed by atoms with van der Waals surface area (Å²) in [6.45, 7) is 0. The van der Waals surface area contributed by atoms with Crippen LogP contribution >= 0.6 is 9.24 Å². The van der Waals surface area contributed by atoms with E-state index in [1.807, 2.05) is 0 Å². The average molecular weight is 365 g/mol. The third-order valence-electron chi connectivity index (χ3n) is 3.32. The maximum absolute atomic E-state index is 14.0. The van der Waals surface area contributed by atoms with Crippen LogP contribution in [0.25, 0.3) is 11.1 Å². The quantitative estimate of drug-likeness (QED) is 0.478. The number of carbonyl (C=O) groups is 1. The Morgan fingerprint density at radius 2 is 1.58 bits per heavy atom. The third-order valence-corrected chi connectivity index (χ3v) is 3.82. The molecule has 3 nitrogen and oxygen atoms in total. The van der Waals surface area contributed by atoms with Gasteiger partial charge in [-0.05, 0) is 17.7 Å². The van der Waals surface area contributed by atoms with E-state index in [0.29, 0.717) is 0 Å². The molecular weight excluding hydrogens is 359 g/mol. The van der Waals surface area contributed by atoms with Crippen molar-refractivity contribution in [3.05, 3.63) is 41.5 Å². The number of alkyl halides is 2. The first-order valence-electron chi connectivity index (χ1n) is 6.27. The van der Waals surface area contributed by atoms with Gasteiger partial charge in [0, 0.05) is 5.30 Å². The zero-order valence-corrected chi connectivity index (χ0v) is 12.5. The predicted molar refractivity (Wildman–Crippen MR) is 75.3 cm³/mol. The van der Waals surface area contributed by atoms with Crippen molar-refractivity contribution in [2.75, 3.05) is 5.32 Å². The Labute approximate surface area is 132 Å². The SMILES string of the molecule is O=C1Nc2cc(-c3c(F)c(F)c(P)c(F)c3F)ccc2OC1(F)F. The van der Waals surface area contributed by atoms with Crippen molar-refractivity contribution in [3.63, 3.8) is 0 Å². The van der Waals surface area contributed by atoms with Crippen molar-refractivity contribution >= 4 is 26.1 Å².